The zero-order valence-electron chi connectivity index (χ0n) is 5.76. The number of rotatable bonds is 1. The van der Waals surface area contributed by atoms with Crippen molar-refractivity contribution < 1.29 is 4.74 Å². The Balaban J connectivity index is 2.48. The van der Waals surface area contributed by atoms with Crippen LogP contribution in [0.4, 0.5) is 0 Å². The summed E-state index contributed by atoms with van der Waals surface area (Å²) in [5.41, 5.74) is 1.41. The predicted molar refractivity (Wildman–Crippen MR) is 38.3 cm³/mol. The van der Waals surface area contributed by atoms with Crippen LogP contribution in [0.25, 0.3) is 0 Å². The van der Waals surface area contributed by atoms with Crippen LogP contribution in [0.3, 0.4) is 0 Å². The summed E-state index contributed by atoms with van der Waals surface area (Å²) in [5, 5.41) is 0. The van der Waals surface area contributed by atoms with Crippen molar-refractivity contribution in [3.8, 4) is 0 Å². The van der Waals surface area contributed by atoms with Crippen LogP contribution in [-0.4, -0.2) is 12.7 Å². The van der Waals surface area contributed by atoms with Gasteiger partial charge in [0.2, 0.25) is 0 Å². The molecule has 1 unspecified atom stereocenters. The fourth-order valence-electron chi connectivity index (χ4n) is 0.925. The molecule has 1 aliphatic heterocycles. The molecule has 1 heteroatoms. The highest BCUT2D eigenvalue weighted by atomic mass is 16.5. The second-order valence-electron chi connectivity index (χ2n) is 2.36. The summed E-state index contributed by atoms with van der Waals surface area (Å²) < 4.78 is 5.30. The molecule has 0 aliphatic carbocycles. The first-order chi connectivity index (χ1) is 4.33. The van der Waals surface area contributed by atoms with Gasteiger partial charge >= 0.3 is 0 Å². The monoisotopic (exact) mass is 124 g/mol. The highest BCUT2D eigenvalue weighted by molar-refractivity contribution is 5.06. The topological polar surface area (TPSA) is 9.23 Å². The van der Waals surface area contributed by atoms with Gasteiger partial charge in [0.05, 0.1) is 12.7 Å². The fraction of sp³-hybridized carbons (Fsp3) is 0.500. The molecule has 0 N–H and O–H groups in total. The lowest BCUT2D eigenvalue weighted by Gasteiger charge is -2.17. The van der Waals surface area contributed by atoms with Gasteiger partial charge in [-0.05, 0) is 13.3 Å². The molecular weight excluding hydrogens is 112 g/mol. The lowest BCUT2D eigenvalue weighted by Crippen LogP contribution is -2.14. The van der Waals surface area contributed by atoms with Gasteiger partial charge in [0.25, 0.3) is 0 Å². The summed E-state index contributed by atoms with van der Waals surface area (Å²) in [6, 6.07) is 0. The van der Waals surface area contributed by atoms with E-state index in [1.807, 2.05) is 6.08 Å². The molecule has 1 heterocycles. The average Bonchev–Trinajstić information content (AvgIpc) is 1.88. The Morgan fingerprint density at radius 1 is 1.89 bits per heavy atom. The van der Waals surface area contributed by atoms with Crippen LogP contribution in [0.15, 0.2) is 24.3 Å². The standard InChI is InChI=1S/C8H12O/c1-3-8-6-7(2)4-5-9-8/h3-4,8H,1,5-6H2,2H3. The van der Waals surface area contributed by atoms with Crippen molar-refractivity contribution in [3.05, 3.63) is 24.3 Å². The fourth-order valence-corrected chi connectivity index (χ4v) is 0.925. The van der Waals surface area contributed by atoms with Gasteiger partial charge in [0.15, 0.2) is 0 Å². The molecule has 0 amide bonds. The molecular formula is C8H12O. The van der Waals surface area contributed by atoms with Gasteiger partial charge in [0, 0.05) is 0 Å². The molecule has 0 fully saturated rings. The first-order valence-electron chi connectivity index (χ1n) is 3.22. The first-order valence-corrected chi connectivity index (χ1v) is 3.22. The molecule has 0 aromatic rings. The molecule has 1 rings (SSSR count). The van der Waals surface area contributed by atoms with Crippen molar-refractivity contribution >= 4 is 0 Å². The molecule has 1 aliphatic rings. The van der Waals surface area contributed by atoms with Crippen molar-refractivity contribution in [1.82, 2.24) is 0 Å². The summed E-state index contributed by atoms with van der Waals surface area (Å²) in [7, 11) is 0. The Hall–Kier alpha value is -0.560. The maximum absolute atomic E-state index is 5.30. The summed E-state index contributed by atoms with van der Waals surface area (Å²) in [5.74, 6) is 0. The van der Waals surface area contributed by atoms with E-state index in [9.17, 15) is 0 Å². The minimum atomic E-state index is 0.259. The van der Waals surface area contributed by atoms with Crippen molar-refractivity contribution in [2.45, 2.75) is 19.4 Å². The van der Waals surface area contributed by atoms with Gasteiger partial charge in [-0.2, -0.15) is 0 Å². The van der Waals surface area contributed by atoms with E-state index in [4.69, 9.17) is 4.74 Å². The lowest BCUT2D eigenvalue weighted by molar-refractivity contribution is 0.0991. The van der Waals surface area contributed by atoms with E-state index < -0.39 is 0 Å². The summed E-state index contributed by atoms with van der Waals surface area (Å²) in [6.45, 7) is 6.54. The van der Waals surface area contributed by atoms with Crippen LogP contribution in [0, 0.1) is 0 Å². The van der Waals surface area contributed by atoms with Crippen LogP contribution < -0.4 is 0 Å². The summed E-state index contributed by atoms with van der Waals surface area (Å²) in [4.78, 5) is 0. The van der Waals surface area contributed by atoms with Gasteiger partial charge in [-0.15, -0.1) is 6.58 Å². The van der Waals surface area contributed by atoms with Crippen molar-refractivity contribution in [1.29, 1.82) is 0 Å². The Bertz CT molecular complexity index is 136. The minimum absolute atomic E-state index is 0.259. The van der Waals surface area contributed by atoms with Crippen molar-refractivity contribution in [3.63, 3.8) is 0 Å². The molecule has 0 aromatic carbocycles. The second kappa shape index (κ2) is 2.83. The third-order valence-corrected chi connectivity index (χ3v) is 1.53. The Kier molecular flexibility index (Phi) is 2.06. The zero-order chi connectivity index (χ0) is 6.69. The maximum Gasteiger partial charge on any atom is 0.0794 e. The highest BCUT2D eigenvalue weighted by Gasteiger charge is 2.08. The van der Waals surface area contributed by atoms with Crippen LogP contribution >= 0.6 is 0 Å². The molecule has 1 nitrogen and oxygen atoms in total. The molecule has 0 saturated heterocycles. The smallest absolute Gasteiger partial charge is 0.0794 e. The van der Waals surface area contributed by atoms with Gasteiger partial charge < -0.3 is 4.74 Å². The molecule has 9 heavy (non-hydrogen) atoms. The van der Waals surface area contributed by atoms with Crippen LogP contribution in [0.2, 0.25) is 0 Å². The predicted octanol–water partition coefficient (Wildman–Crippen LogP) is 1.91. The number of hydrogen-bond donors (Lipinski definition) is 0. The quantitative estimate of drug-likeness (QED) is 0.485. The molecule has 0 radical (unpaired) electrons. The van der Waals surface area contributed by atoms with E-state index in [2.05, 4.69) is 19.6 Å². The van der Waals surface area contributed by atoms with E-state index in [0.717, 1.165) is 13.0 Å². The van der Waals surface area contributed by atoms with E-state index in [0.29, 0.717) is 0 Å². The molecule has 0 spiro atoms. The molecule has 0 bridgehead atoms. The average molecular weight is 124 g/mol. The maximum atomic E-state index is 5.30. The number of hydrogen-bond acceptors (Lipinski definition) is 1. The van der Waals surface area contributed by atoms with E-state index in [-0.39, 0.29) is 6.10 Å². The first kappa shape index (κ1) is 6.56. The van der Waals surface area contributed by atoms with E-state index in [1.54, 1.807) is 0 Å². The third-order valence-electron chi connectivity index (χ3n) is 1.53. The van der Waals surface area contributed by atoms with Gasteiger partial charge in [-0.1, -0.05) is 17.7 Å². The second-order valence-corrected chi connectivity index (χ2v) is 2.36. The van der Waals surface area contributed by atoms with Crippen LogP contribution in [-0.2, 0) is 4.74 Å². The van der Waals surface area contributed by atoms with Crippen molar-refractivity contribution in [2.24, 2.45) is 0 Å². The van der Waals surface area contributed by atoms with E-state index in [1.165, 1.54) is 5.57 Å². The third kappa shape index (κ3) is 1.68. The van der Waals surface area contributed by atoms with Crippen LogP contribution in [0.1, 0.15) is 13.3 Å². The largest absolute Gasteiger partial charge is 0.370 e. The Morgan fingerprint density at radius 2 is 2.67 bits per heavy atom. The lowest BCUT2D eigenvalue weighted by atomic mass is 10.1. The molecule has 1 atom stereocenters. The normalized spacial score (nSPS) is 27.2. The van der Waals surface area contributed by atoms with Gasteiger partial charge in [0.1, 0.15) is 0 Å². The molecule has 0 saturated carbocycles. The van der Waals surface area contributed by atoms with Gasteiger partial charge in [-0.3, -0.25) is 0 Å². The SMILES string of the molecule is C=CC1CC(C)=CCO1. The summed E-state index contributed by atoms with van der Waals surface area (Å²) in [6.07, 6.45) is 5.25. The minimum Gasteiger partial charge on any atom is -0.370 e. The molecule has 0 aromatic heterocycles. The molecule has 50 valence electrons. The van der Waals surface area contributed by atoms with Gasteiger partial charge in [-0.25, -0.2) is 0 Å². The van der Waals surface area contributed by atoms with Crippen LogP contribution in [0.5, 0.6) is 0 Å². The summed E-state index contributed by atoms with van der Waals surface area (Å²) >= 11 is 0. The highest BCUT2D eigenvalue weighted by Crippen LogP contribution is 2.13. The Morgan fingerprint density at radius 3 is 3.11 bits per heavy atom. The van der Waals surface area contributed by atoms with E-state index >= 15 is 0 Å². The number of ether oxygens (including phenoxy) is 1. The van der Waals surface area contributed by atoms with Crippen molar-refractivity contribution in [2.75, 3.05) is 6.61 Å². The Labute approximate surface area is 56.0 Å². The zero-order valence-corrected chi connectivity index (χ0v) is 5.76.